The molecule has 1 N–H and O–H groups in total. The number of hydrogen-bond donors (Lipinski definition) is 1. The van der Waals surface area contributed by atoms with Crippen molar-refractivity contribution in [3.8, 4) is 0 Å². The summed E-state index contributed by atoms with van der Waals surface area (Å²) in [4.78, 5) is 51.1. The molecule has 0 unspecified atom stereocenters. The van der Waals surface area contributed by atoms with Crippen molar-refractivity contribution in [2.75, 3.05) is 6.61 Å². The van der Waals surface area contributed by atoms with E-state index in [0.717, 1.165) is 0 Å². The maximum Gasteiger partial charge on any atom is 0.330 e. The lowest BCUT2D eigenvalue weighted by atomic mass is 10.1. The predicted octanol–water partition coefficient (Wildman–Crippen LogP) is 1.11. The zero-order chi connectivity index (χ0) is 20.0. The highest BCUT2D eigenvalue weighted by Gasteiger charge is 2.37. The Balaban J connectivity index is 2.02. The fourth-order valence-corrected chi connectivity index (χ4v) is 2.75. The normalized spacial score (nSPS) is 21.5. The number of Topliss-reactive ketones (excluding diaryl/α,β-unsaturated/α-hetero) is 1. The second kappa shape index (κ2) is 9.15. The summed E-state index contributed by atoms with van der Waals surface area (Å²) >= 11 is 0. The van der Waals surface area contributed by atoms with Gasteiger partial charge in [-0.15, -0.1) is 0 Å². The largest absolute Gasteiger partial charge is 0.463 e. The molecule has 1 aliphatic heterocycles. The number of esters is 1. The van der Waals surface area contributed by atoms with Gasteiger partial charge < -0.3 is 14.3 Å². The van der Waals surface area contributed by atoms with Gasteiger partial charge in [0.05, 0.1) is 6.04 Å². The average molecular weight is 379 g/mol. The van der Waals surface area contributed by atoms with E-state index in [9.17, 15) is 19.2 Å². The number of carbonyl (C=O) groups excluding carboxylic acids is 2. The van der Waals surface area contributed by atoms with Crippen LogP contribution in [0.15, 0.2) is 20.9 Å². The SMILES string of the molecule is CC(=O)CCCC(=O)OC[C@H]1O[C@@H](n2cc(C)c(=O)[nH]c2=O)C[C@H]1N=[N+]=[N-]. The first-order chi connectivity index (χ1) is 12.8. The number of ether oxygens (including phenoxy) is 2. The predicted molar refractivity (Wildman–Crippen MR) is 93.0 cm³/mol. The van der Waals surface area contributed by atoms with Crippen LogP contribution in [0.4, 0.5) is 0 Å². The summed E-state index contributed by atoms with van der Waals surface area (Å²) in [6.45, 7) is 2.86. The van der Waals surface area contributed by atoms with Gasteiger partial charge in [-0.1, -0.05) is 5.11 Å². The highest BCUT2D eigenvalue weighted by atomic mass is 16.6. The van der Waals surface area contributed by atoms with Crippen LogP contribution in [0.1, 0.15) is 44.4 Å². The van der Waals surface area contributed by atoms with Crippen molar-refractivity contribution in [1.29, 1.82) is 0 Å². The minimum atomic E-state index is -0.759. The fraction of sp³-hybridized carbons (Fsp3) is 0.625. The zero-order valence-corrected chi connectivity index (χ0v) is 15.1. The molecule has 3 atom stereocenters. The smallest absolute Gasteiger partial charge is 0.330 e. The number of nitrogens with one attached hydrogen (secondary N) is 1. The molecule has 2 heterocycles. The van der Waals surface area contributed by atoms with Gasteiger partial charge in [0.1, 0.15) is 24.7 Å². The van der Waals surface area contributed by atoms with Gasteiger partial charge >= 0.3 is 11.7 Å². The number of ketones is 1. The standard InChI is InChI=1S/C16H21N5O6/c1-9-7-21(16(25)18-15(9)24)13-6-11(19-20-17)12(27-13)8-26-14(23)5-3-4-10(2)22/h7,11-13H,3-6,8H2,1-2H3,(H,18,24,25)/t11-,12-,13-/m1/s1. The Hall–Kier alpha value is -2.91. The molecule has 146 valence electrons. The third kappa shape index (κ3) is 5.53. The lowest BCUT2D eigenvalue weighted by molar-refractivity contribution is -0.148. The fourth-order valence-electron chi connectivity index (χ4n) is 2.75. The van der Waals surface area contributed by atoms with Crippen molar-refractivity contribution in [1.82, 2.24) is 9.55 Å². The molecule has 0 saturated carbocycles. The molecule has 0 aliphatic carbocycles. The van der Waals surface area contributed by atoms with Gasteiger partial charge in [0.25, 0.3) is 5.56 Å². The van der Waals surface area contributed by atoms with Crippen molar-refractivity contribution in [2.24, 2.45) is 5.11 Å². The minimum Gasteiger partial charge on any atom is -0.463 e. The number of nitrogens with zero attached hydrogens (tertiary/aromatic N) is 4. The second-order valence-electron chi connectivity index (χ2n) is 6.35. The molecule has 1 aliphatic rings. The molecular weight excluding hydrogens is 358 g/mol. The molecule has 27 heavy (non-hydrogen) atoms. The molecule has 0 amide bonds. The highest BCUT2D eigenvalue weighted by Crippen LogP contribution is 2.30. The van der Waals surface area contributed by atoms with Crippen LogP contribution in [-0.2, 0) is 19.1 Å². The number of rotatable bonds is 8. The molecule has 0 bridgehead atoms. The highest BCUT2D eigenvalue weighted by molar-refractivity contribution is 5.76. The summed E-state index contributed by atoms with van der Waals surface area (Å²) in [5, 5.41) is 3.65. The number of azide groups is 1. The molecule has 2 rings (SSSR count). The monoisotopic (exact) mass is 379 g/mol. The summed E-state index contributed by atoms with van der Waals surface area (Å²) in [5.41, 5.74) is 7.93. The second-order valence-corrected chi connectivity index (χ2v) is 6.35. The molecule has 1 saturated heterocycles. The number of hydrogen-bond acceptors (Lipinski definition) is 7. The van der Waals surface area contributed by atoms with Crippen LogP contribution in [0, 0.1) is 6.92 Å². The van der Waals surface area contributed by atoms with Crippen LogP contribution in [0.25, 0.3) is 10.4 Å². The Morgan fingerprint density at radius 1 is 1.44 bits per heavy atom. The first kappa shape index (κ1) is 20.4. The zero-order valence-electron chi connectivity index (χ0n) is 15.1. The molecule has 11 nitrogen and oxygen atoms in total. The molecular formula is C16H21N5O6. The van der Waals surface area contributed by atoms with E-state index >= 15 is 0 Å². The van der Waals surface area contributed by atoms with Crippen molar-refractivity contribution in [3.05, 3.63) is 43.0 Å². The molecule has 1 fully saturated rings. The number of aromatic amines is 1. The van der Waals surface area contributed by atoms with Gasteiger partial charge in [-0.25, -0.2) is 4.79 Å². The quantitative estimate of drug-likeness (QED) is 0.308. The molecule has 1 aromatic heterocycles. The van der Waals surface area contributed by atoms with E-state index < -0.39 is 35.6 Å². The maximum absolute atomic E-state index is 12.0. The molecule has 0 radical (unpaired) electrons. The molecule has 0 aromatic carbocycles. The van der Waals surface area contributed by atoms with Crippen LogP contribution in [0.3, 0.4) is 0 Å². The summed E-state index contributed by atoms with van der Waals surface area (Å²) in [5.74, 6) is -0.491. The van der Waals surface area contributed by atoms with E-state index in [1.807, 2.05) is 0 Å². The van der Waals surface area contributed by atoms with Gasteiger partial charge in [0.2, 0.25) is 0 Å². The third-order valence-corrected chi connectivity index (χ3v) is 4.18. The van der Waals surface area contributed by atoms with Crippen molar-refractivity contribution in [2.45, 2.75) is 57.9 Å². The average Bonchev–Trinajstić information content (AvgIpc) is 2.99. The van der Waals surface area contributed by atoms with E-state index in [0.29, 0.717) is 18.4 Å². The van der Waals surface area contributed by atoms with Crippen molar-refractivity contribution in [3.63, 3.8) is 0 Å². The summed E-state index contributed by atoms with van der Waals surface area (Å²) in [6, 6.07) is -0.635. The van der Waals surface area contributed by atoms with Crippen LogP contribution < -0.4 is 11.2 Å². The number of aryl methyl sites for hydroxylation is 1. The Morgan fingerprint density at radius 3 is 2.85 bits per heavy atom. The van der Waals surface area contributed by atoms with Gasteiger partial charge in [-0.05, 0) is 25.8 Å². The van der Waals surface area contributed by atoms with Gasteiger partial charge in [0, 0.05) is 35.9 Å². The lowest BCUT2D eigenvalue weighted by Gasteiger charge is -2.16. The Kier molecular flexibility index (Phi) is 6.91. The van der Waals surface area contributed by atoms with E-state index in [1.165, 1.54) is 17.7 Å². The summed E-state index contributed by atoms with van der Waals surface area (Å²) in [7, 11) is 0. The Labute approximate surface area is 153 Å². The van der Waals surface area contributed by atoms with Crippen LogP contribution >= 0.6 is 0 Å². The lowest BCUT2D eigenvalue weighted by Crippen LogP contribution is -2.33. The van der Waals surface area contributed by atoms with E-state index in [1.54, 1.807) is 6.92 Å². The van der Waals surface area contributed by atoms with Gasteiger partial charge in [-0.2, -0.15) is 0 Å². The number of aromatic nitrogens is 2. The van der Waals surface area contributed by atoms with E-state index in [2.05, 4.69) is 15.0 Å². The van der Waals surface area contributed by atoms with Crippen molar-refractivity contribution < 1.29 is 19.1 Å². The minimum absolute atomic E-state index is 0.00479. The van der Waals surface area contributed by atoms with E-state index in [-0.39, 0.29) is 25.2 Å². The molecule has 1 aromatic rings. The van der Waals surface area contributed by atoms with Crippen LogP contribution in [-0.4, -0.2) is 40.1 Å². The summed E-state index contributed by atoms with van der Waals surface area (Å²) < 4.78 is 12.1. The maximum atomic E-state index is 12.0. The van der Waals surface area contributed by atoms with Gasteiger partial charge in [-0.3, -0.25) is 19.1 Å². The summed E-state index contributed by atoms with van der Waals surface area (Å²) in [6.07, 6.45) is 0.880. The van der Waals surface area contributed by atoms with Crippen LogP contribution in [0.2, 0.25) is 0 Å². The van der Waals surface area contributed by atoms with E-state index in [4.69, 9.17) is 15.0 Å². The molecule has 11 heteroatoms. The van der Waals surface area contributed by atoms with Crippen LogP contribution in [0.5, 0.6) is 0 Å². The first-order valence-corrected chi connectivity index (χ1v) is 8.48. The first-order valence-electron chi connectivity index (χ1n) is 8.48. The topological polar surface area (TPSA) is 156 Å². The van der Waals surface area contributed by atoms with Crippen molar-refractivity contribution >= 4 is 11.8 Å². The van der Waals surface area contributed by atoms with Gasteiger partial charge in [0.15, 0.2) is 0 Å². The Bertz CT molecular complexity index is 869. The Morgan fingerprint density at radius 2 is 2.19 bits per heavy atom. The number of carbonyl (C=O) groups is 2. The molecule has 0 spiro atoms. The third-order valence-electron chi connectivity index (χ3n) is 4.18. The number of H-pyrrole nitrogens is 1.